The molecule has 23 heavy (non-hydrogen) atoms. The Kier molecular flexibility index (Phi) is 3.48. The molecule has 0 N–H and O–H groups in total. The molecule has 116 valence electrons. The van der Waals surface area contributed by atoms with Gasteiger partial charge >= 0.3 is 6.18 Å². The summed E-state index contributed by atoms with van der Waals surface area (Å²) in [6.45, 7) is 0. The quantitative estimate of drug-likeness (QED) is 0.502. The number of nitro groups is 1. The third-order valence-electron chi connectivity index (χ3n) is 3.38. The number of hydrogen-bond acceptors (Lipinski definition) is 3. The summed E-state index contributed by atoms with van der Waals surface area (Å²) in [5.74, 6) is 0. The second kappa shape index (κ2) is 5.35. The first-order chi connectivity index (χ1) is 10.9. The predicted molar refractivity (Wildman–Crippen MR) is 78.8 cm³/mol. The average molecular weight is 318 g/mol. The number of pyridine rings is 1. The zero-order valence-corrected chi connectivity index (χ0v) is 11.5. The molecule has 0 radical (unpaired) electrons. The first kappa shape index (κ1) is 15.0. The number of non-ortho nitro benzene ring substituents is 1. The van der Waals surface area contributed by atoms with Crippen LogP contribution in [0.15, 0.2) is 54.6 Å². The minimum atomic E-state index is -4.64. The van der Waals surface area contributed by atoms with E-state index in [9.17, 15) is 23.3 Å². The third-order valence-corrected chi connectivity index (χ3v) is 3.38. The van der Waals surface area contributed by atoms with Gasteiger partial charge in [-0.3, -0.25) is 10.1 Å². The molecule has 0 aliphatic heterocycles. The van der Waals surface area contributed by atoms with Gasteiger partial charge in [-0.1, -0.05) is 30.3 Å². The molecule has 0 saturated carbocycles. The number of fused-ring (bicyclic) bond motifs is 1. The number of aromatic nitrogens is 1. The van der Waals surface area contributed by atoms with Gasteiger partial charge in [0.05, 0.1) is 10.4 Å². The molecule has 0 atom stereocenters. The molecule has 3 aromatic rings. The lowest BCUT2D eigenvalue weighted by Gasteiger charge is -2.12. The van der Waals surface area contributed by atoms with E-state index < -0.39 is 16.8 Å². The van der Waals surface area contributed by atoms with Crippen LogP contribution in [0.4, 0.5) is 18.9 Å². The van der Waals surface area contributed by atoms with E-state index in [2.05, 4.69) is 4.98 Å². The molecule has 0 amide bonds. The smallest absolute Gasteiger partial charge is 0.258 e. The molecular weight excluding hydrogens is 309 g/mol. The molecule has 0 aliphatic carbocycles. The minimum Gasteiger partial charge on any atom is -0.258 e. The van der Waals surface area contributed by atoms with Crippen molar-refractivity contribution in [1.29, 1.82) is 0 Å². The fourth-order valence-corrected chi connectivity index (χ4v) is 2.33. The van der Waals surface area contributed by atoms with Gasteiger partial charge < -0.3 is 0 Å². The van der Waals surface area contributed by atoms with Crippen LogP contribution in [0.25, 0.3) is 22.0 Å². The lowest BCUT2D eigenvalue weighted by atomic mass is 10.00. The average Bonchev–Trinajstić information content (AvgIpc) is 2.53. The molecule has 0 saturated heterocycles. The van der Waals surface area contributed by atoms with Crippen molar-refractivity contribution < 1.29 is 18.1 Å². The summed E-state index contributed by atoms with van der Waals surface area (Å²) < 4.78 is 39.2. The summed E-state index contributed by atoms with van der Waals surface area (Å²) >= 11 is 0. The van der Waals surface area contributed by atoms with Gasteiger partial charge in [0.1, 0.15) is 5.69 Å². The molecule has 0 spiro atoms. The number of hydrogen-bond donors (Lipinski definition) is 0. The maximum atomic E-state index is 13.1. The largest absolute Gasteiger partial charge is 0.433 e. The molecule has 4 nitrogen and oxygen atoms in total. The Morgan fingerprint density at radius 1 is 1.00 bits per heavy atom. The van der Waals surface area contributed by atoms with Crippen molar-refractivity contribution in [3.05, 3.63) is 70.4 Å². The second-order valence-electron chi connectivity index (χ2n) is 4.88. The zero-order chi connectivity index (χ0) is 16.6. The van der Waals surface area contributed by atoms with Crippen LogP contribution in [0.5, 0.6) is 0 Å². The molecule has 0 unspecified atom stereocenters. The SMILES string of the molecule is O=[N+]([O-])c1ccc2c(-c3ccccc3)cc(C(F)(F)F)nc2c1. The maximum absolute atomic E-state index is 13.1. The summed E-state index contributed by atoms with van der Waals surface area (Å²) in [6.07, 6.45) is -4.64. The standard InChI is InChI=1S/C16H9F3N2O2/c17-16(18,19)15-9-13(10-4-2-1-3-5-10)12-7-6-11(21(22)23)8-14(12)20-15/h1-9H. The van der Waals surface area contributed by atoms with Crippen LogP contribution in [0, 0.1) is 10.1 Å². The fourth-order valence-electron chi connectivity index (χ4n) is 2.33. The van der Waals surface area contributed by atoms with Gasteiger partial charge in [-0.25, -0.2) is 4.98 Å². The van der Waals surface area contributed by atoms with Gasteiger partial charge in [0.25, 0.3) is 5.69 Å². The van der Waals surface area contributed by atoms with Crippen LogP contribution < -0.4 is 0 Å². The Balaban J connectivity index is 2.35. The Labute approximate surface area is 128 Å². The number of rotatable bonds is 2. The zero-order valence-electron chi connectivity index (χ0n) is 11.5. The van der Waals surface area contributed by atoms with E-state index in [1.54, 1.807) is 30.3 Å². The van der Waals surface area contributed by atoms with E-state index in [1.165, 1.54) is 12.1 Å². The lowest BCUT2D eigenvalue weighted by molar-refractivity contribution is -0.384. The summed E-state index contributed by atoms with van der Waals surface area (Å²) in [5.41, 5.74) is -0.530. The van der Waals surface area contributed by atoms with Crippen LogP contribution in [-0.4, -0.2) is 9.91 Å². The Bertz CT molecular complexity index is 893. The van der Waals surface area contributed by atoms with Crippen LogP contribution >= 0.6 is 0 Å². The highest BCUT2D eigenvalue weighted by Gasteiger charge is 2.33. The van der Waals surface area contributed by atoms with Crippen LogP contribution in [-0.2, 0) is 6.18 Å². The highest BCUT2D eigenvalue weighted by Crippen LogP contribution is 2.36. The molecule has 0 fully saturated rings. The van der Waals surface area contributed by atoms with Crippen molar-refractivity contribution in [2.75, 3.05) is 0 Å². The second-order valence-corrected chi connectivity index (χ2v) is 4.88. The van der Waals surface area contributed by atoms with Crippen LogP contribution in [0.1, 0.15) is 5.69 Å². The molecule has 1 aromatic heterocycles. The number of nitrogens with zero attached hydrogens (tertiary/aromatic N) is 2. The van der Waals surface area contributed by atoms with Gasteiger partial charge in [0.2, 0.25) is 0 Å². The van der Waals surface area contributed by atoms with E-state index in [1.807, 2.05) is 0 Å². The molecule has 3 rings (SSSR count). The summed E-state index contributed by atoms with van der Waals surface area (Å²) in [6, 6.07) is 13.2. The Hall–Kier alpha value is -2.96. The Morgan fingerprint density at radius 2 is 1.70 bits per heavy atom. The van der Waals surface area contributed by atoms with Crippen molar-refractivity contribution >= 4 is 16.6 Å². The summed E-state index contributed by atoms with van der Waals surface area (Å²) in [7, 11) is 0. The number of alkyl halides is 3. The fraction of sp³-hybridized carbons (Fsp3) is 0.0625. The highest BCUT2D eigenvalue weighted by atomic mass is 19.4. The molecule has 0 aliphatic rings. The van der Waals surface area contributed by atoms with Gasteiger partial charge in [-0.15, -0.1) is 0 Å². The maximum Gasteiger partial charge on any atom is 0.433 e. The van der Waals surface area contributed by atoms with Crippen molar-refractivity contribution in [3.8, 4) is 11.1 Å². The van der Waals surface area contributed by atoms with Crippen LogP contribution in [0.2, 0.25) is 0 Å². The van der Waals surface area contributed by atoms with Gasteiger partial charge in [-0.05, 0) is 23.3 Å². The van der Waals surface area contributed by atoms with Crippen LogP contribution in [0.3, 0.4) is 0 Å². The van der Waals surface area contributed by atoms with Crippen molar-refractivity contribution in [2.24, 2.45) is 0 Å². The number of halogens is 3. The van der Waals surface area contributed by atoms with Crippen molar-refractivity contribution in [1.82, 2.24) is 4.98 Å². The van der Waals surface area contributed by atoms with E-state index in [4.69, 9.17) is 0 Å². The molecule has 0 bridgehead atoms. The Morgan fingerprint density at radius 3 is 2.30 bits per heavy atom. The van der Waals surface area contributed by atoms with Gasteiger partial charge in [0.15, 0.2) is 0 Å². The summed E-state index contributed by atoms with van der Waals surface area (Å²) in [5, 5.41) is 11.3. The predicted octanol–water partition coefficient (Wildman–Crippen LogP) is 4.83. The number of benzene rings is 2. The monoisotopic (exact) mass is 318 g/mol. The van der Waals surface area contributed by atoms with E-state index in [0.29, 0.717) is 16.5 Å². The van der Waals surface area contributed by atoms with E-state index in [0.717, 1.165) is 12.1 Å². The lowest BCUT2D eigenvalue weighted by Crippen LogP contribution is -2.08. The molecule has 1 heterocycles. The third kappa shape index (κ3) is 2.85. The highest BCUT2D eigenvalue weighted by molar-refractivity contribution is 5.95. The topological polar surface area (TPSA) is 56.0 Å². The van der Waals surface area contributed by atoms with Gasteiger partial charge in [0, 0.05) is 17.5 Å². The van der Waals surface area contributed by atoms with E-state index >= 15 is 0 Å². The first-order valence-corrected chi connectivity index (χ1v) is 6.58. The molecular formula is C16H9F3N2O2. The minimum absolute atomic E-state index is 0.0621. The van der Waals surface area contributed by atoms with Gasteiger partial charge in [-0.2, -0.15) is 13.2 Å². The summed E-state index contributed by atoms with van der Waals surface area (Å²) in [4.78, 5) is 13.7. The van der Waals surface area contributed by atoms with Crippen molar-refractivity contribution in [3.63, 3.8) is 0 Å². The number of nitro benzene ring substituents is 1. The first-order valence-electron chi connectivity index (χ1n) is 6.58. The molecule has 7 heteroatoms. The normalized spacial score (nSPS) is 11.6. The molecule has 2 aromatic carbocycles. The van der Waals surface area contributed by atoms with Crippen molar-refractivity contribution in [2.45, 2.75) is 6.18 Å². The van der Waals surface area contributed by atoms with E-state index in [-0.39, 0.29) is 11.2 Å².